The van der Waals surface area contributed by atoms with Crippen LogP contribution >= 0.6 is 0 Å². The first-order chi connectivity index (χ1) is 46.3. The van der Waals surface area contributed by atoms with Gasteiger partial charge in [0.25, 0.3) is 0 Å². The molecule has 31 rings (SSSR count). The fraction of sp³-hybridized carbons (Fsp3) is 0.587. The first-order valence-corrected chi connectivity index (χ1v) is 40.6. The van der Waals surface area contributed by atoms with Crippen LogP contribution in [0.4, 0.5) is 34.1 Å². The van der Waals surface area contributed by atoms with E-state index >= 15 is 0 Å². The molecule has 12 fully saturated rings. The molecule has 24 aliphatic carbocycles. The molecule has 7 aromatic rings. The first-order valence-electron chi connectivity index (χ1n) is 40.6. The molecule has 0 radical (unpaired) electrons. The second-order valence-electron chi connectivity index (χ2n) is 38.5. The molecule has 0 saturated heterocycles. The number of rotatable bonds is 6. The molecule has 2 nitrogen and oxygen atoms in total. The number of hydrogen-bond donors (Lipinski definition) is 0. The molecule has 0 heterocycles. The molecule has 0 amide bonds. The molecule has 24 aliphatic rings. The molecule has 8 unspecified atom stereocenters. The van der Waals surface area contributed by atoms with Crippen molar-refractivity contribution in [2.24, 2.45) is 71.0 Å². The number of benzene rings is 7. The zero-order valence-electron chi connectivity index (χ0n) is 56.2. The summed E-state index contributed by atoms with van der Waals surface area (Å²) in [6, 6.07) is 45.5. The van der Waals surface area contributed by atoms with Crippen molar-refractivity contribution in [1.29, 1.82) is 0 Å². The summed E-state index contributed by atoms with van der Waals surface area (Å²) >= 11 is 0. The highest BCUT2D eigenvalue weighted by Crippen LogP contribution is 2.67. The van der Waals surface area contributed by atoms with E-state index in [4.69, 9.17) is 0 Å². The molecule has 0 aliphatic heterocycles. The van der Waals surface area contributed by atoms with E-state index in [-0.39, 0.29) is 0 Å². The third-order valence-corrected chi connectivity index (χ3v) is 33.3. The minimum Gasteiger partial charge on any atom is -0.309 e. The van der Waals surface area contributed by atoms with Crippen molar-refractivity contribution in [3.05, 3.63) is 164 Å². The molecule has 0 N–H and O–H groups in total. The van der Waals surface area contributed by atoms with Gasteiger partial charge in [-0.2, -0.15) is 0 Å². The van der Waals surface area contributed by atoms with Gasteiger partial charge in [-0.25, -0.2) is 0 Å². The van der Waals surface area contributed by atoms with Gasteiger partial charge < -0.3 is 9.80 Å². The smallest absolute Gasteiger partial charge is 0.0620 e. The summed E-state index contributed by atoms with van der Waals surface area (Å²) in [6.07, 6.45) is 42.8. The largest absolute Gasteiger partial charge is 0.309 e. The normalized spacial score (nSPS) is 41.2. The van der Waals surface area contributed by atoms with Gasteiger partial charge in [0.1, 0.15) is 0 Å². The van der Waals surface area contributed by atoms with Crippen molar-refractivity contribution < 1.29 is 0 Å². The fourth-order valence-corrected chi connectivity index (χ4v) is 30.9. The van der Waals surface area contributed by atoms with Crippen molar-refractivity contribution in [3.8, 4) is 0 Å². The van der Waals surface area contributed by atoms with Gasteiger partial charge in [0.05, 0.1) is 11.4 Å². The van der Waals surface area contributed by atoms with Crippen molar-refractivity contribution >= 4 is 55.7 Å². The lowest BCUT2D eigenvalue weighted by atomic mass is 9.67. The van der Waals surface area contributed by atoms with Crippen LogP contribution in [0.5, 0.6) is 0 Å². The van der Waals surface area contributed by atoms with Crippen LogP contribution in [0.25, 0.3) is 21.5 Å². The summed E-state index contributed by atoms with van der Waals surface area (Å²) in [4.78, 5) is 6.09. The summed E-state index contributed by atoms with van der Waals surface area (Å²) in [5.41, 5.74) is 29.9. The van der Waals surface area contributed by atoms with Crippen molar-refractivity contribution in [2.75, 3.05) is 9.80 Å². The van der Waals surface area contributed by atoms with E-state index in [0.717, 1.165) is 94.7 Å². The number of anilines is 6. The van der Waals surface area contributed by atoms with Gasteiger partial charge in [0.15, 0.2) is 0 Å². The van der Waals surface area contributed by atoms with E-state index in [1.807, 2.05) is 0 Å². The Morgan fingerprint density at radius 1 is 0.160 bits per heavy atom. The van der Waals surface area contributed by atoms with Crippen molar-refractivity contribution in [3.63, 3.8) is 0 Å². The lowest BCUT2D eigenvalue weighted by Gasteiger charge is -2.38. The zero-order valence-corrected chi connectivity index (χ0v) is 56.2. The minimum absolute atomic E-state index is 0.659. The van der Waals surface area contributed by atoms with Crippen LogP contribution < -0.4 is 9.80 Å². The monoisotopic (exact) mass is 1230 g/mol. The zero-order chi connectivity index (χ0) is 60.2. The molecule has 0 spiro atoms. The van der Waals surface area contributed by atoms with Crippen LogP contribution in [0.15, 0.2) is 97.1 Å². The maximum Gasteiger partial charge on any atom is 0.0620 e. The second-order valence-corrected chi connectivity index (χ2v) is 38.5. The number of hydrogen-bond acceptors (Lipinski definition) is 2. The van der Waals surface area contributed by atoms with E-state index in [1.165, 1.54) is 227 Å². The van der Waals surface area contributed by atoms with Crippen LogP contribution in [0.2, 0.25) is 0 Å². The quantitative estimate of drug-likeness (QED) is 0.121. The van der Waals surface area contributed by atoms with Crippen LogP contribution in [-0.2, 0) is 0 Å². The minimum atomic E-state index is 0.659. The maximum absolute atomic E-state index is 3.05. The summed E-state index contributed by atoms with van der Waals surface area (Å²) in [7, 11) is 0. The molecule has 7 aromatic carbocycles. The Bertz CT molecular complexity index is 3810. The highest BCUT2D eigenvalue weighted by molar-refractivity contribution is 6.24. The molecule has 94 heavy (non-hydrogen) atoms. The van der Waals surface area contributed by atoms with E-state index in [1.54, 1.807) is 88.3 Å². The van der Waals surface area contributed by atoms with E-state index in [9.17, 15) is 0 Å². The topological polar surface area (TPSA) is 6.48 Å². The average Bonchev–Trinajstić information content (AvgIpc) is 1.00. The van der Waals surface area contributed by atoms with Gasteiger partial charge in [-0.1, -0.05) is 24.3 Å². The summed E-state index contributed by atoms with van der Waals surface area (Å²) in [5, 5.41) is 6.25. The molecule has 8 atom stereocenters. The van der Waals surface area contributed by atoms with Crippen LogP contribution in [0, 0.1) is 71.0 Å². The van der Waals surface area contributed by atoms with Crippen molar-refractivity contribution in [2.45, 2.75) is 264 Å². The van der Waals surface area contributed by atoms with Crippen molar-refractivity contribution in [1.82, 2.24) is 0 Å². The van der Waals surface area contributed by atoms with E-state index in [0.29, 0.717) is 47.3 Å². The van der Waals surface area contributed by atoms with E-state index < -0.39 is 0 Å². The van der Waals surface area contributed by atoms with Crippen LogP contribution in [-0.4, -0.2) is 0 Å². The van der Waals surface area contributed by atoms with E-state index in [2.05, 4.69) is 107 Å². The Kier molecular flexibility index (Phi) is 11.0. The highest BCUT2D eigenvalue weighted by Gasteiger charge is 2.50. The summed E-state index contributed by atoms with van der Waals surface area (Å²) < 4.78 is 0. The Hall–Kier alpha value is -5.34. The molecule has 24 bridgehead atoms. The van der Waals surface area contributed by atoms with Gasteiger partial charge in [0, 0.05) is 44.3 Å². The Morgan fingerprint density at radius 3 is 0.479 bits per heavy atom. The van der Waals surface area contributed by atoms with Gasteiger partial charge in [0.2, 0.25) is 0 Å². The average molecular weight is 1230 g/mol. The maximum atomic E-state index is 3.05. The van der Waals surface area contributed by atoms with Gasteiger partial charge in [-0.15, -0.1) is 0 Å². The predicted octanol–water partition coefficient (Wildman–Crippen LogP) is 25.3. The highest BCUT2D eigenvalue weighted by atomic mass is 15.2. The molecular weight excluding hydrogens is 1130 g/mol. The SMILES string of the molecule is c1cc2c(cc1N(c1ccc3c(c1)C1CC4CC(CC3C4)C1)c1c3cc4c(cc3c(N(c3ccc5c(c3)C3CC6CC(CC5C6)C3)c3ccc5c(c3)C3CC6CC(CC5C6)C3)c3cc5c(cc13)C1CC3CC(C1)CC5C3)C1CC3CC(CC4C3)C1)C1CC3CC(CC2C3)C1. The predicted molar refractivity (Wildman–Crippen MR) is 384 cm³/mol. The van der Waals surface area contributed by atoms with Gasteiger partial charge in [-0.3, -0.25) is 0 Å². The molecule has 478 valence electrons. The summed E-state index contributed by atoms with van der Waals surface area (Å²) in [6.45, 7) is 0. The standard InChI is InChI=1S/C92H100N2/c1-5-75-59-15-47-9-48(16-59)24-63(23-47)79(75)39-71(1)93(72-2-6-76-60-17-49-10-50(18-60)26-64(25-49)80(76)40-72)91-87-43-83-67-31-55-13-56(32-67)36-69(35-55)85(83)45-89(87)92(90-46-86-70-37-57-14-58(38-70)34-68(33-57)84(86)44-88(90)91)94(73-3-7-77-61-19-51-11-52(20-61)28-65(27-51)81(77)41-73)74-4-8-78-62-21-53-12-54(22-62)30-66(29-53)82(78)42-74/h1-8,39-70H,9-38H2. The molecular formula is C92H100N2. The van der Waals surface area contributed by atoms with Crippen LogP contribution in [0.1, 0.15) is 330 Å². The summed E-state index contributed by atoms with van der Waals surface area (Å²) in [5.74, 6) is 19.1. The Morgan fingerprint density at radius 2 is 0.309 bits per heavy atom. The fourth-order valence-electron chi connectivity index (χ4n) is 30.9. The Labute approximate surface area is 560 Å². The number of fused-ring (bicyclic) bond motifs is 2. The molecule has 0 aromatic heterocycles. The lowest BCUT2D eigenvalue weighted by Crippen LogP contribution is -2.25. The third-order valence-electron chi connectivity index (χ3n) is 33.3. The Balaban J connectivity index is 0.813. The van der Waals surface area contributed by atoms with Crippen LogP contribution in [0.3, 0.4) is 0 Å². The molecule has 12 saturated carbocycles. The molecule has 2 heteroatoms. The second kappa shape index (κ2) is 19.3. The van der Waals surface area contributed by atoms with Gasteiger partial charge in [-0.05, 0) is 474 Å². The first kappa shape index (κ1) is 53.7. The van der Waals surface area contributed by atoms with Gasteiger partial charge >= 0.3 is 0 Å². The third kappa shape index (κ3) is 7.74. The number of nitrogens with zero attached hydrogens (tertiary/aromatic N) is 2. The lowest BCUT2D eigenvalue weighted by molar-refractivity contribution is 0.165.